The molecule has 22 heavy (non-hydrogen) atoms. The third-order valence-electron chi connectivity index (χ3n) is 4.97. The van der Waals surface area contributed by atoms with Crippen LogP contribution in [0.5, 0.6) is 0 Å². The number of amides is 1. The van der Waals surface area contributed by atoms with E-state index in [1.165, 1.54) is 18.9 Å². The van der Waals surface area contributed by atoms with E-state index >= 15 is 0 Å². The fraction of sp³-hybridized carbons (Fsp3) is 0.750. The molecule has 6 heteroatoms. The molecule has 2 heterocycles. The molecule has 0 aliphatic carbocycles. The van der Waals surface area contributed by atoms with E-state index in [1.54, 1.807) is 6.08 Å². The predicted molar refractivity (Wildman–Crippen MR) is 79.8 cm³/mol. The SMILES string of the molecule is C=CC[C@H]1C(=O)N2[C@@H](CCCC)OC[C@]2(C(=O)OC)[C@]1(C)O. The highest BCUT2D eigenvalue weighted by Crippen LogP contribution is 2.50. The molecule has 0 aromatic carbocycles. The van der Waals surface area contributed by atoms with Crippen molar-refractivity contribution in [2.24, 2.45) is 5.92 Å². The highest BCUT2D eigenvalue weighted by atomic mass is 16.6. The molecule has 0 aromatic heterocycles. The topological polar surface area (TPSA) is 76.1 Å². The fourth-order valence-corrected chi connectivity index (χ4v) is 3.64. The van der Waals surface area contributed by atoms with E-state index in [1.807, 2.05) is 6.92 Å². The van der Waals surface area contributed by atoms with Crippen LogP contribution >= 0.6 is 0 Å². The second-order valence-corrected chi connectivity index (χ2v) is 6.19. The van der Waals surface area contributed by atoms with E-state index in [-0.39, 0.29) is 12.5 Å². The molecule has 124 valence electrons. The smallest absolute Gasteiger partial charge is 0.337 e. The first-order valence-electron chi connectivity index (χ1n) is 7.75. The standard InChI is InChI=1S/C16H25NO5/c1-5-7-9-12-17-13(18)11(8-6-2)15(3,20)16(17,10-22-12)14(19)21-4/h6,11-12,20H,2,5,7-10H2,1,3-4H3/t11-,12+,15+,16-/m0/s1. The normalized spacial score (nSPS) is 37.3. The van der Waals surface area contributed by atoms with E-state index in [0.717, 1.165) is 12.8 Å². The molecule has 0 unspecified atom stereocenters. The summed E-state index contributed by atoms with van der Waals surface area (Å²) in [5.41, 5.74) is -3.03. The molecule has 0 saturated carbocycles. The van der Waals surface area contributed by atoms with E-state index in [0.29, 0.717) is 12.8 Å². The first-order valence-corrected chi connectivity index (χ1v) is 7.75. The minimum atomic E-state index is -1.56. The maximum Gasteiger partial charge on any atom is 0.337 e. The number of ether oxygens (including phenoxy) is 2. The first kappa shape index (κ1) is 17.0. The number of carbonyl (C=O) groups is 2. The summed E-state index contributed by atoms with van der Waals surface area (Å²) in [4.78, 5) is 26.7. The van der Waals surface area contributed by atoms with Crippen molar-refractivity contribution < 1.29 is 24.2 Å². The van der Waals surface area contributed by atoms with Gasteiger partial charge in [0.15, 0.2) is 5.54 Å². The van der Waals surface area contributed by atoms with Crippen LogP contribution in [0.1, 0.15) is 39.5 Å². The van der Waals surface area contributed by atoms with Gasteiger partial charge < -0.3 is 14.6 Å². The number of hydrogen-bond donors (Lipinski definition) is 1. The monoisotopic (exact) mass is 311 g/mol. The Labute approximate surface area is 131 Å². The number of hydrogen-bond acceptors (Lipinski definition) is 5. The number of carbonyl (C=O) groups excluding carboxylic acids is 2. The summed E-state index contributed by atoms with van der Waals surface area (Å²) in [6.45, 7) is 7.17. The Hall–Kier alpha value is -1.40. The Bertz CT molecular complexity index is 475. The summed E-state index contributed by atoms with van der Waals surface area (Å²) >= 11 is 0. The Kier molecular flexibility index (Phi) is 4.63. The molecule has 2 aliphatic rings. The quantitative estimate of drug-likeness (QED) is 0.590. The lowest BCUT2D eigenvalue weighted by Crippen LogP contribution is -2.63. The molecule has 0 radical (unpaired) electrons. The van der Waals surface area contributed by atoms with Gasteiger partial charge in [0.25, 0.3) is 0 Å². The number of aliphatic hydroxyl groups is 1. The summed E-state index contributed by atoms with van der Waals surface area (Å²) in [5.74, 6) is -1.61. The number of allylic oxidation sites excluding steroid dienone is 1. The van der Waals surface area contributed by atoms with Gasteiger partial charge in [0.05, 0.1) is 19.6 Å². The van der Waals surface area contributed by atoms with Crippen molar-refractivity contribution >= 4 is 11.9 Å². The minimum absolute atomic E-state index is 0.0412. The summed E-state index contributed by atoms with van der Waals surface area (Å²) in [5, 5.41) is 11.0. The summed E-state index contributed by atoms with van der Waals surface area (Å²) in [7, 11) is 1.26. The van der Waals surface area contributed by atoms with Crippen molar-refractivity contribution in [2.45, 2.75) is 56.9 Å². The van der Waals surface area contributed by atoms with E-state index < -0.39 is 29.3 Å². The Morgan fingerprint density at radius 2 is 2.32 bits per heavy atom. The molecule has 1 amide bonds. The molecule has 2 rings (SSSR count). The molecule has 2 saturated heterocycles. The van der Waals surface area contributed by atoms with Gasteiger partial charge >= 0.3 is 5.97 Å². The molecule has 1 N–H and O–H groups in total. The van der Waals surface area contributed by atoms with Crippen LogP contribution < -0.4 is 0 Å². The van der Waals surface area contributed by atoms with E-state index in [4.69, 9.17) is 9.47 Å². The molecular formula is C16H25NO5. The maximum atomic E-state index is 12.8. The van der Waals surface area contributed by atoms with Crippen LogP contribution in [0.3, 0.4) is 0 Å². The molecule has 2 fully saturated rings. The van der Waals surface area contributed by atoms with Crippen molar-refractivity contribution in [1.82, 2.24) is 4.90 Å². The third kappa shape index (κ3) is 2.08. The zero-order chi connectivity index (χ0) is 16.5. The fourth-order valence-electron chi connectivity index (χ4n) is 3.64. The van der Waals surface area contributed by atoms with Crippen molar-refractivity contribution in [2.75, 3.05) is 13.7 Å². The lowest BCUT2D eigenvalue weighted by Gasteiger charge is -2.38. The highest BCUT2D eigenvalue weighted by molar-refractivity contribution is 5.96. The van der Waals surface area contributed by atoms with Crippen LogP contribution in [0.15, 0.2) is 12.7 Å². The zero-order valence-electron chi connectivity index (χ0n) is 13.5. The van der Waals surface area contributed by atoms with Crippen LogP contribution in [0.25, 0.3) is 0 Å². The van der Waals surface area contributed by atoms with Gasteiger partial charge in [0.1, 0.15) is 11.8 Å². The number of fused-ring (bicyclic) bond motifs is 1. The van der Waals surface area contributed by atoms with Crippen LogP contribution in [0.2, 0.25) is 0 Å². The van der Waals surface area contributed by atoms with Crippen molar-refractivity contribution in [1.29, 1.82) is 0 Å². The molecule has 6 nitrogen and oxygen atoms in total. The molecule has 4 atom stereocenters. The average molecular weight is 311 g/mol. The summed E-state index contributed by atoms with van der Waals surface area (Å²) in [6, 6.07) is 0. The maximum absolute atomic E-state index is 12.8. The Morgan fingerprint density at radius 1 is 1.64 bits per heavy atom. The average Bonchev–Trinajstić information content (AvgIpc) is 2.95. The Balaban J connectivity index is 2.46. The first-order chi connectivity index (χ1) is 10.4. The number of rotatable bonds is 6. The second-order valence-electron chi connectivity index (χ2n) is 6.19. The van der Waals surface area contributed by atoms with E-state index in [2.05, 4.69) is 6.58 Å². The van der Waals surface area contributed by atoms with Gasteiger partial charge in [-0.15, -0.1) is 6.58 Å². The van der Waals surface area contributed by atoms with Crippen molar-refractivity contribution in [3.8, 4) is 0 Å². The van der Waals surface area contributed by atoms with Gasteiger partial charge in [-0.25, -0.2) is 4.79 Å². The summed E-state index contributed by atoms with van der Waals surface area (Å²) in [6.07, 6.45) is 3.87. The number of esters is 1. The van der Waals surface area contributed by atoms with Gasteiger partial charge in [0, 0.05) is 0 Å². The van der Waals surface area contributed by atoms with Gasteiger partial charge in [-0.2, -0.15) is 0 Å². The van der Waals surface area contributed by atoms with Crippen molar-refractivity contribution in [3.63, 3.8) is 0 Å². The number of nitrogens with zero attached hydrogens (tertiary/aromatic N) is 1. The Morgan fingerprint density at radius 3 is 2.86 bits per heavy atom. The predicted octanol–water partition coefficient (Wildman–Crippen LogP) is 1.23. The van der Waals surface area contributed by atoms with Gasteiger partial charge in [-0.05, 0) is 26.2 Å². The van der Waals surface area contributed by atoms with Gasteiger partial charge in [0.2, 0.25) is 5.91 Å². The van der Waals surface area contributed by atoms with Gasteiger partial charge in [-0.1, -0.05) is 19.4 Å². The zero-order valence-corrected chi connectivity index (χ0v) is 13.5. The summed E-state index contributed by atoms with van der Waals surface area (Å²) < 4.78 is 10.6. The lowest BCUT2D eigenvalue weighted by molar-refractivity contribution is -0.166. The van der Waals surface area contributed by atoms with Gasteiger partial charge in [-0.3, -0.25) is 9.69 Å². The molecule has 2 aliphatic heterocycles. The second kappa shape index (κ2) is 6.01. The molecule has 0 spiro atoms. The minimum Gasteiger partial charge on any atom is -0.467 e. The van der Waals surface area contributed by atoms with Crippen LogP contribution in [0.4, 0.5) is 0 Å². The van der Waals surface area contributed by atoms with E-state index in [9.17, 15) is 14.7 Å². The molecular weight excluding hydrogens is 286 g/mol. The number of methoxy groups -OCH3 is 1. The van der Waals surface area contributed by atoms with Crippen LogP contribution in [-0.4, -0.2) is 53.0 Å². The number of unbranched alkanes of at least 4 members (excludes halogenated alkanes) is 1. The van der Waals surface area contributed by atoms with Crippen molar-refractivity contribution in [3.05, 3.63) is 12.7 Å². The largest absolute Gasteiger partial charge is 0.467 e. The molecule has 0 aromatic rings. The van der Waals surface area contributed by atoms with Crippen LogP contribution in [-0.2, 0) is 19.1 Å². The highest BCUT2D eigenvalue weighted by Gasteiger charge is 2.74. The third-order valence-corrected chi connectivity index (χ3v) is 4.97. The molecule has 0 bridgehead atoms. The van der Waals surface area contributed by atoms with Crippen LogP contribution in [0, 0.1) is 5.92 Å². The lowest BCUT2D eigenvalue weighted by atomic mass is 9.75.